The minimum Gasteiger partial charge on any atom is -0.300 e. The number of nitrogens with zero attached hydrogens (tertiary/aromatic N) is 1. The van der Waals surface area contributed by atoms with Crippen molar-refractivity contribution in [1.29, 1.82) is 0 Å². The number of hydrogen-bond acceptors (Lipinski definition) is 3. The lowest BCUT2D eigenvalue weighted by Crippen LogP contribution is -2.48. The van der Waals surface area contributed by atoms with E-state index < -0.39 is 0 Å². The average Bonchev–Trinajstić information content (AvgIpc) is 2.79. The van der Waals surface area contributed by atoms with Crippen molar-refractivity contribution < 1.29 is 0 Å². The molecular formula is C20H26N2S. The Morgan fingerprint density at radius 2 is 2.09 bits per heavy atom. The Balaban J connectivity index is 2.01. The largest absolute Gasteiger partial charge is 0.300 e. The molecule has 1 aromatic heterocycles. The first-order chi connectivity index (χ1) is 11.3. The maximum Gasteiger partial charge on any atom is 0.0607 e. The first-order valence-corrected chi connectivity index (χ1v) is 9.66. The second kappa shape index (κ2) is 7.50. The highest BCUT2D eigenvalue weighted by molar-refractivity contribution is 7.99. The van der Waals surface area contributed by atoms with Gasteiger partial charge in [0.15, 0.2) is 0 Å². The number of rotatable bonds is 5. The maximum absolute atomic E-state index is 4.35. The average molecular weight is 327 g/mol. The Morgan fingerprint density at radius 3 is 2.83 bits per heavy atom. The van der Waals surface area contributed by atoms with Gasteiger partial charge in [-0.05, 0) is 36.1 Å². The van der Waals surface area contributed by atoms with Gasteiger partial charge in [0.25, 0.3) is 0 Å². The number of nitrogens with one attached hydrogen (secondary N) is 1. The minimum atomic E-state index is 0.195. The zero-order valence-corrected chi connectivity index (χ0v) is 14.9. The lowest BCUT2D eigenvalue weighted by atomic mass is 9.88. The van der Waals surface area contributed by atoms with Crippen LogP contribution in [0.1, 0.15) is 56.7 Å². The molecule has 0 bridgehead atoms. The minimum absolute atomic E-state index is 0.195. The van der Waals surface area contributed by atoms with Crippen molar-refractivity contribution in [3.63, 3.8) is 0 Å². The molecule has 0 saturated carbocycles. The van der Waals surface area contributed by atoms with Gasteiger partial charge in [0.1, 0.15) is 0 Å². The van der Waals surface area contributed by atoms with Crippen LogP contribution in [0.15, 0.2) is 53.7 Å². The van der Waals surface area contributed by atoms with Crippen molar-refractivity contribution in [2.75, 3.05) is 5.75 Å². The first kappa shape index (κ1) is 16.5. The number of fused-ring (bicyclic) bond motifs is 1. The Hall–Kier alpha value is -1.32. The van der Waals surface area contributed by atoms with Crippen molar-refractivity contribution in [3.8, 4) is 0 Å². The van der Waals surface area contributed by atoms with E-state index in [1.54, 1.807) is 0 Å². The van der Waals surface area contributed by atoms with Crippen LogP contribution in [0.3, 0.4) is 0 Å². The highest BCUT2D eigenvalue weighted by Gasteiger charge is 2.35. The summed E-state index contributed by atoms with van der Waals surface area (Å²) in [7, 11) is 0. The highest BCUT2D eigenvalue weighted by atomic mass is 32.2. The van der Waals surface area contributed by atoms with E-state index in [-0.39, 0.29) is 11.6 Å². The molecule has 0 radical (unpaired) electrons. The molecule has 2 nitrogen and oxygen atoms in total. The molecule has 0 amide bonds. The molecule has 1 aliphatic heterocycles. The van der Waals surface area contributed by atoms with Gasteiger partial charge < -0.3 is 0 Å². The van der Waals surface area contributed by atoms with Crippen LogP contribution < -0.4 is 5.32 Å². The topological polar surface area (TPSA) is 24.9 Å². The molecule has 0 fully saturated rings. The molecule has 0 unspecified atom stereocenters. The van der Waals surface area contributed by atoms with Gasteiger partial charge in [0, 0.05) is 28.6 Å². The van der Waals surface area contributed by atoms with Gasteiger partial charge in [0.05, 0.1) is 6.04 Å². The Labute approximate surface area is 144 Å². The molecule has 2 atom stereocenters. The van der Waals surface area contributed by atoms with E-state index in [2.05, 4.69) is 54.5 Å². The van der Waals surface area contributed by atoms with E-state index in [1.807, 2.05) is 30.2 Å². The van der Waals surface area contributed by atoms with E-state index in [4.69, 9.17) is 0 Å². The Bertz CT molecular complexity index is 629. The summed E-state index contributed by atoms with van der Waals surface area (Å²) in [5, 5.41) is 4.03. The predicted octanol–water partition coefficient (Wildman–Crippen LogP) is 5.21. The van der Waals surface area contributed by atoms with E-state index in [0.29, 0.717) is 0 Å². The summed E-state index contributed by atoms with van der Waals surface area (Å²) in [4.78, 5) is 5.76. The lowest BCUT2D eigenvalue weighted by molar-refractivity contribution is 0.297. The van der Waals surface area contributed by atoms with Gasteiger partial charge in [-0.15, -0.1) is 11.8 Å². The highest BCUT2D eigenvalue weighted by Crippen LogP contribution is 2.40. The van der Waals surface area contributed by atoms with Gasteiger partial charge in [0.2, 0.25) is 0 Å². The standard InChI is InChI=1S/C20H26N2S/c1-3-5-12-20(4-2)15-23-18-11-7-6-10-17(18)19(22-20)16-9-8-13-21-14-16/h6-11,13-14,19,22H,3-5,12,15H2,1-2H3/t19-,20+/m0/s1. The van der Waals surface area contributed by atoms with Crippen LogP contribution in [0.25, 0.3) is 0 Å². The summed E-state index contributed by atoms with van der Waals surface area (Å²) in [6.45, 7) is 4.60. The zero-order valence-electron chi connectivity index (χ0n) is 14.1. The fourth-order valence-electron chi connectivity index (χ4n) is 3.34. The van der Waals surface area contributed by atoms with E-state index in [9.17, 15) is 0 Å². The molecule has 3 rings (SSSR count). The Morgan fingerprint density at radius 1 is 1.22 bits per heavy atom. The van der Waals surface area contributed by atoms with Crippen LogP contribution in [-0.2, 0) is 0 Å². The summed E-state index contributed by atoms with van der Waals surface area (Å²) >= 11 is 2.01. The third kappa shape index (κ3) is 3.61. The van der Waals surface area contributed by atoms with Crippen molar-refractivity contribution in [2.24, 2.45) is 0 Å². The van der Waals surface area contributed by atoms with Crippen LogP contribution in [0, 0.1) is 0 Å². The number of thioether (sulfide) groups is 1. The van der Waals surface area contributed by atoms with Gasteiger partial charge in [-0.25, -0.2) is 0 Å². The summed E-state index contributed by atoms with van der Waals surface area (Å²) in [5.41, 5.74) is 2.84. The van der Waals surface area contributed by atoms with Crippen molar-refractivity contribution in [3.05, 3.63) is 59.9 Å². The van der Waals surface area contributed by atoms with Crippen LogP contribution >= 0.6 is 11.8 Å². The summed E-state index contributed by atoms with van der Waals surface area (Å²) in [5.74, 6) is 1.14. The van der Waals surface area contributed by atoms with Gasteiger partial charge in [-0.3, -0.25) is 10.3 Å². The zero-order chi connectivity index (χ0) is 16.1. The fraction of sp³-hybridized carbons (Fsp3) is 0.450. The molecule has 2 heterocycles. The summed E-state index contributed by atoms with van der Waals surface area (Å²) < 4.78 is 0. The van der Waals surface area contributed by atoms with Crippen LogP contribution in [0.2, 0.25) is 0 Å². The van der Waals surface area contributed by atoms with Crippen LogP contribution in [-0.4, -0.2) is 16.3 Å². The lowest BCUT2D eigenvalue weighted by Gasteiger charge is -2.36. The number of hydrogen-bond donors (Lipinski definition) is 1. The van der Waals surface area contributed by atoms with E-state index in [0.717, 1.165) is 12.2 Å². The second-order valence-corrected chi connectivity index (χ2v) is 7.44. The number of benzene rings is 1. The molecule has 3 heteroatoms. The summed E-state index contributed by atoms with van der Waals surface area (Å²) in [6.07, 6.45) is 8.77. The van der Waals surface area contributed by atoms with Crippen molar-refractivity contribution in [1.82, 2.24) is 10.3 Å². The molecule has 0 aliphatic carbocycles. The van der Waals surface area contributed by atoms with Crippen LogP contribution in [0.5, 0.6) is 0 Å². The number of aromatic nitrogens is 1. The molecule has 1 aliphatic rings. The molecule has 2 aromatic rings. The van der Waals surface area contributed by atoms with E-state index >= 15 is 0 Å². The van der Waals surface area contributed by atoms with Gasteiger partial charge >= 0.3 is 0 Å². The van der Waals surface area contributed by atoms with Gasteiger partial charge in [-0.1, -0.05) is 51.0 Å². The molecule has 122 valence electrons. The third-order valence-corrected chi connectivity index (χ3v) is 6.27. The normalized spacial score (nSPS) is 24.0. The quantitative estimate of drug-likeness (QED) is 0.817. The first-order valence-electron chi connectivity index (χ1n) is 8.67. The van der Waals surface area contributed by atoms with Crippen LogP contribution in [0.4, 0.5) is 0 Å². The fourth-order valence-corrected chi connectivity index (χ4v) is 4.73. The Kier molecular flexibility index (Phi) is 5.39. The molecule has 23 heavy (non-hydrogen) atoms. The monoisotopic (exact) mass is 326 g/mol. The molecule has 0 saturated heterocycles. The summed E-state index contributed by atoms with van der Waals surface area (Å²) in [6, 6.07) is 13.3. The van der Waals surface area contributed by atoms with E-state index in [1.165, 1.54) is 35.3 Å². The third-order valence-electron chi connectivity index (χ3n) is 4.89. The predicted molar refractivity (Wildman–Crippen MR) is 98.9 cm³/mol. The van der Waals surface area contributed by atoms with Crippen molar-refractivity contribution >= 4 is 11.8 Å². The van der Waals surface area contributed by atoms with Gasteiger partial charge in [-0.2, -0.15) is 0 Å². The molecular weight excluding hydrogens is 300 g/mol. The van der Waals surface area contributed by atoms with Crippen molar-refractivity contribution in [2.45, 2.75) is 56.0 Å². The maximum atomic E-state index is 4.35. The SMILES string of the molecule is CCCC[C@]1(CC)CSc2ccccc2[C@H](c2cccnc2)N1. The number of unbranched alkanes of at least 4 members (excludes halogenated alkanes) is 1. The molecule has 0 spiro atoms. The molecule has 1 N–H and O–H groups in total. The smallest absolute Gasteiger partial charge is 0.0607 e. The second-order valence-electron chi connectivity index (χ2n) is 6.43. The number of pyridine rings is 1. The molecule has 1 aromatic carbocycles.